The van der Waals surface area contributed by atoms with Gasteiger partial charge in [-0.15, -0.1) is 0 Å². The highest BCUT2D eigenvalue weighted by Gasteiger charge is 2.15. The van der Waals surface area contributed by atoms with Gasteiger partial charge in [-0.2, -0.15) is 5.10 Å². The number of rotatable bonds is 4. The van der Waals surface area contributed by atoms with E-state index in [9.17, 15) is 0 Å². The van der Waals surface area contributed by atoms with Gasteiger partial charge in [0, 0.05) is 19.3 Å². The van der Waals surface area contributed by atoms with E-state index in [0.29, 0.717) is 6.54 Å². The lowest BCUT2D eigenvalue weighted by molar-refractivity contribution is 0.584. The molecule has 2 aromatic rings. The van der Waals surface area contributed by atoms with E-state index in [1.54, 1.807) is 0 Å². The van der Waals surface area contributed by atoms with Crippen molar-refractivity contribution in [3.8, 4) is 0 Å². The van der Waals surface area contributed by atoms with Crippen molar-refractivity contribution in [3.05, 3.63) is 33.6 Å². The molecule has 98 valence electrons. The first kappa shape index (κ1) is 13.3. The minimum atomic E-state index is 0.498. The Bertz CT molecular complexity index is 555. The highest BCUT2D eigenvalue weighted by molar-refractivity contribution is 9.10. The topological polar surface area (TPSA) is 61.7 Å². The summed E-state index contributed by atoms with van der Waals surface area (Å²) in [4.78, 5) is 4.31. The average molecular weight is 312 g/mol. The molecule has 2 rings (SSSR count). The van der Waals surface area contributed by atoms with Crippen LogP contribution in [0.15, 0.2) is 10.7 Å². The van der Waals surface area contributed by atoms with Crippen LogP contribution in [-0.4, -0.2) is 19.3 Å². The summed E-state index contributed by atoms with van der Waals surface area (Å²) in [5, 5.41) is 4.50. The Balaban J connectivity index is 2.42. The van der Waals surface area contributed by atoms with Crippen LogP contribution >= 0.6 is 15.9 Å². The van der Waals surface area contributed by atoms with E-state index in [-0.39, 0.29) is 0 Å². The van der Waals surface area contributed by atoms with Gasteiger partial charge in [0.2, 0.25) is 0 Å². The fourth-order valence-electron chi connectivity index (χ4n) is 2.06. The zero-order valence-corrected chi connectivity index (χ0v) is 12.5. The van der Waals surface area contributed by atoms with Crippen LogP contribution in [0, 0.1) is 13.8 Å². The van der Waals surface area contributed by atoms with Crippen molar-refractivity contribution in [3.63, 3.8) is 0 Å². The van der Waals surface area contributed by atoms with Crippen molar-refractivity contribution in [1.82, 2.24) is 19.3 Å². The molecule has 18 heavy (non-hydrogen) atoms. The largest absolute Gasteiger partial charge is 0.325 e. The Labute approximate surface area is 115 Å². The van der Waals surface area contributed by atoms with Crippen LogP contribution < -0.4 is 5.73 Å². The summed E-state index contributed by atoms with van der Waals surface area (Å²) in [5.74, 6) is 0.976. The van der Waals surface area contributed by atoms with E-state index in [1.165, 1.54) is 0 Å². The molecule has 0 unspecified atom stereocenters. The molecule has 0 amide bonds. The monoisotopic (exact) mass is 311 g/mol. The SMILES string of the molecule is CCn1nc(C)c(Br)c1Cn1c(CN)cnc1C. The number of aryl methyl sites for hydroxylation is 3. The number of hydrogen-bond acceptors (Lipinski definition) is 3. The van der Waals surface area contributed by atoms with E-state index < -0.39 is 0 Å². The first-order valence-corrected chi connectivity index (χ1v) is 6.80. The Morgan fingerprint density at radius 2 is 2.11 bits per heavy atom. The summed E-state index contributed by atoms with van der Waals surface area (Å²) >= 11 is 3.61. The molecular weight excluding hydrogens is 294 g/mol. The van der Waals surface area contributed by atoms with Crippen molar-refractivity contribution in [2.45, 2.75) is 40.4 Å². The minimum Gasteiger partial charge on any atom is -0.325 e. The van der Waals surface area contributed by atoms with Crippen molar-refractivity contribution >= 4 is 15.9 Å². The van der Waals surface area contributed by atoms with Gasteiger partial charge in [0.05, 0.1) is 28.1 Å². The average Bonchev–Trinajstić information content (AvgIpc) is 2.85. The Morgan fingerprint density at radius 3 is 2.72 bits per heavy atom. The molecule has 0 atom stereocenters. The lowest BCUT2D eigenvalue weighted by Gasteiger charge is -2.11. The molecule has 0 fully saturated rings. The predicted molar refractivity (Wildman–Crippen MR) is 74.3 cm³/mol. The van der Waals surface area contributed by atoms with Crippen LogP contribution in [0.4, 0.5) is 0 Å². The number of imidazole rings is 1. The maximum atomic E-state index is 5.74. The van der Waals surface area contributed by atoms with Crippen LogP contribution in [-0.2, 0) is 19.6 Å². The van der Waals surface area contributed by atoms with Gasteiger partial charge >= 0.3 is 0 Å². The van der Waals surface area contributed by atoms with E-state index >= 15 is 0 Å². The van der Waals surface area contributed by atoms with Crippen molar-refractivity contribution < 1.29 is 0 Å². The molecule has 0 saturated heterocycles. The number of aromatic nitrogens is 4. The van der Waals surface area contributed by atoms with Gasteiger partial charge in [0.15, 0.2) is 0 Å². The highest BCUT2D eigenvalue weighted by atomic mass is 79.9. The molecule has 0 radical (unpaired) electrons. The maximum Gasteiger partial charge on any atom is 0.106 e. The first-order valence-electron chi connectivity index (χ1n) is 6.01. The predicted octanol–water partition coefficient (Wildman–Crippen LogP) is 1.99. The van der Waals surface area contributed by atoms with Gasteiger partial charge in [-0.3, -0.25) is 4.68 Å². The van der Waals surface area contributed by atoms with E-state index in [1.807, 2.05) is 24.7 Å². The number of nitrogens with two attached hydrogens (primary N) is 1. The van der Waals surface area contributed by atoms with Gasteiger partial charge in [-0.25, -0.2) is 4.98 Å². The number of nitrogens with zero attached hydrogens (tertiary/aromatic N) is 4. The van der Waals surface area contributed by atoms with Crippen LogP contribution in [0.2, 0.25) is 0 Å². The molecule has 2 aromatic heterocycles. The molecule has 0 bridgehead atoms. The Hall–Kier alpha value is -1.14. The van der Waals surface area contributed by atoms with Crippen LogP contribution in [0.3, 0.4) is 0 Å². The fraction of sp³-hybridized carbons (Fsp3) is 0.500. The minimum absolute atomic E-state index is 0.498. The molecule has 2 N–H and O–H groups in total. The molecular formula is C12H18BrN5. The molecule has 0 aliphatic rings. The zero-order valence-electron chi connectivity index (χ0n) is 10.9. The van der Waals surface area contributed by atoms with Crippen LogP contribution in [0.1, 0.15) is 29.8 Å². The van der Waals surface area contributed by atoms with Gasteiger partial charge in [-0.1, -0.05) is 0 Å². The second-order valence-corrected chi connectivity index (χ2v) is 5.04. The van der Waals surface area contributed by atoms with Crippen molar-refractivity contribution in [2.24, 2.45) is 5.73 Å². The summed E-state index contributed by atoms with van der Waals surface area (Å²) in [6, 6.07) is 0. The van der Waals surface area contributed by atoms with Gasteiger partial charge < -0.3 is 10.3 Å². The summed E-state index contributed by atoms with van der Waals surface area (Å²) in [5.41, 5.74) is 8.95. The third-order valence-electron chi connectivity index (χ3n) is 3.11. The third-order valence-corrected chi connectivity index (χ3v) is 4.14. The third kappa shape index (κ3) is 2.22. The lowest BCUT2D eigenvalue weighted by Crippen LogP contribution is -2.13. The smallest absolute Gasteiger partial charge is 0.106 e. The molecule has 5 nitrogen and oxygen atoms in total. The summed E-state index contributed by atoms with van der Waals surface area (Å²) in [7, 11) is 0. The Kier molecular flexibility index (Phi) is 3.87. The van der Waals surface area contributed by atoms with Crippen LogP contribution in [0.25, 0.3) is 0 Å². The second-order valence-electron chi connectivity index (χ2n) is 4.25. The van der Waals surface area contributed by atoms with Gasteiger partial charge in [-0.05, 0) is 36.7 Å². The van der Waals surface area contributed by atoms with Crippen LogP contribution in [0.5, 0.6) is 0 Å². The number of hydrogen-bond donors (Lipinski definition) is 1. The highest BCUT2D eigenvalue weighted by Crippen LogP contribution is 2.23. The molecule has 0 aliphatic heterocycles. The normalized spacial score (nSPS) is 11.2. The maximum absolute atomic E-state index is 5.74. The molecule has 6 heteroatoms. The van der Waals surface area contributed by atoms with Crippen molar-refractivity contribution in [1.29, 1.82) is 0 Å². The molecule has 2 heterocycles. The number of halogens is 1. The second kappa shape index (κ2) is 5.24. The summed E-state index contributed by atoms with van der Waals surface area (Å²) in [6.45, 7) is 8.18. The van der Waals surface area contributed by atoms with E-state index in [4.69, 9.17) is 5.73 Å². The van der Waals surface area contributed by atoms with Crippen molar-refractivity contribution in [2.75, 3.05) is 0 Å². The van der Waals surface area contributed by atoms with E-state index in [0.717, 1.165) is 40.5 Å². The molecule has 0 spiro atoms. The fourth-order valence-corrected chi connectivity index (χ4v) is 2.47. The Morgan fingerprint density at radius 1 is 1.39 bits per heavy atom. The molecule has 0 aliphatic carbocycles. The van der Waals surface area contributed by atoms with Gasteiger partial charge in [0.25, 0.3) is 0 Å². The first-order chi connectivity index (χ1) is 8.58. The molecule has 0 aromatic carbocycles. The summed E-state index contributed by atoms with van der Waals surface area (Å²) in [6.07, 6.45) is 1.84. The quantitative estimate of drug-likeness (QED) is 0.939. The standard InChI is InChI=1S/C12H18BrN5/c1-4-18-11(12(13)8(2)16-18)7-17-9(3)15-6-10(17)5-14/h6H,4-5,7,14H2,1-3H3. The van der Waals surface area contributed by atoms with Gasteiger partial charge in [0.1, 0.15) is 5.82 Å². The summed E-state index contributed by atoms with van der Waals surface area (Å²) < 4.78 is 5.22. The molecule has 0 saturated carbocycles. The zero-order chi connectivity index (χ0) is 13.3. The van der Waals surface area contributed by atoms with E-state index in [2.05, 4.69) is 37.5 Å². The lowest BCUT2D eigenvalue weighted by atomic mass is 10.3.